The molecule has 0 aliphatic heterocycles. The molecule has 0 amide bonds. The highest BCUT2D eigenvalue weighted by Gasteiger charge is 2.17. The first kappa shape index (κ1) is 18.1. The van der Waals surface area contributed by atoms with E-state index in [0.29, 0.717) is 36.7 Å². The molecule has 0 heterocycles. The molecule has 0 aliphatic rings. The van der Waals surface area contributed by atoms with E-state index in [1.165, 1.54) is 12.1 Å². The molecule has 1 aromatic carbocycles. The second-order valence-corrected chi connectivity index (χ2v) is 7.34. The molecule has 0 spiro atoms. The van der Waals surface area contributed by atoms with Gasteiger partial charge in [0.15, 0.2) is 0 Å². The Bertz CT molecular complexity index is 571. The van der Waals surface area contributed by atoms with Crippen LogP contribution in [-0.4, -0.2) is 21.5 Å². The molecule has 0 aliphatic carbocycles. The first-order valence-corrected chi connectivity index (χ1v) is 8.75. The van der Waals surface area contributed by atoms with E-state index in [9.17, 15) is 12.8 Å². The highest BCUT2D eigenvalue weighted by molar-refractivity contribution is 7.89. The van der Waals surface area contributed by atoms with Gasteiger partial charge >= 0.3 is 0 Å². The van der Waals surface area contributed by atoms with Crippen LogP contribution in [0.3, 0.4) is 0 Å². The second-order valence-electron chi connectivity index (χ2n) is 5.57. The van der Waals surface area contributed by atoms with Crippen LogP contribution >= 0.6 is 0 Å². The molecule has 0 unspecified atom stereocenters. The Morgan fingerprint density at radius 3 is 2.52 bits per heavy atom. The third kappa shape index (κ3) is 5.37. The van der Waals surface area contributed by atoms with Gasteiger partial charge in [-0.3, -0.25) is 0 Å². The summed E-state index contributed by atoms with van der Waals surface area (Å²) in [4.78, 5) is 0.123. The molecule has 0 saturated carbocycles. The lowest BCUT2D eigenvalue weighted by Crippen LogP contribution is -2.26. The standard InChI is InChI=1S/C15H25FN2O2S/c1-5-17-10-13-9-14(8-12(4)15(13)16)21(19,20)18-7-6-11(2)3/h8-9,11,17-18H,5-7,10H2,1-4H3. The molecule has 0 aromatic heterocycles. The van der Waals surface area contributed by atoms with Crippen molar-refractivity contribution in [3.05, 3.63) is 29.1 Å². The van der Waals surface area contributed by atoms with Gasteiger partial charge < -0.3 is 5.32 Å². The summed E-state index contributed by atoms with van der Waals surface area (Å²) in [5, 5.41) is 3.01. The molecule has 1 aromatic rings. The van der Waals surface area contributed by atoms with E-state index >= 15 is 0 Å². The summed E-state index contributed by atoms with van der Waals surface area (Å²) in [5.41, 5.74) is 0.718. The molecule has 21 heavy (non-hydrogen) atoms. The third-order valence-corrected chi connectivity index (χ3v) is 4.63. The van der Waals surface area contributed by atoms with Gasteiger partial charge in [0.25, 0.3) is 0 Å². The maximum atomic E-state index is 14.0. The minimum atomic E-state index is -3.59. The van der Waals surface area contributed by atoms with Crippen molar-refractivity contribution >= 4 is 10.0 Å². The Labute approximate surface area is 127 Å². The van der Waals surface area contributed by atoms with Gasteiger partial charge in [0.1, 0.15) is 5.82 Å². The zero-order valence-electron chi connectivity index (χ0n) is 13.2. The van der Waals surface area contributed by atoms with Crippen LogP contribution in [0.2, 0.25) is 0 Å². The lowest BCUT2D eigenvalue weighted by Gasteiger charge is -2.12. The fraction of sp³-hybridized carbons (Fsp3) is 0.600. The Balaban J connectivity index is 2.98. The predicted molar refractivity (Wildman–Crippen MR) is 83.2 cm³/mol. The summed E-state index contributed by atoms with van der Waals surface area (Å²) in [6, 6.07) is 2.78. The Morgan fingerprint density at radius 1 is 1.29 bits per heavy atom. The molecule has 2 N–H and O–H groups in total. The smallest absolute Gasteiger partial charge is 0.240 e. The summed E-state index contributed by atoms with van der Waals surface area (Å²) in [7, 11) is -3.59. The van der Waals surface area contributed by atoms with Gasteiger partial charge in [-0.25, -0.2) is 17.5 Å². The highest BCUT2D eigenvalue weighted by atomic mass is 32.2. The zero-order valence-corrected chi connectivity index (χ0v) is 14.0. The van der Waals surface area contributed by atoms with Gasteiger partial charge in [-0.2, -0.15) is 0 Å². The first-order valence-electron chi connectivity index (χ1n) is 7.27. The van der Waals surface area contributed by atoms with Crippen LogP contribution in [0, 0.1) is 18.7 Å². The van der Waals surface area contributed by atoms with Crippen LogP contribution in [0.4, 0.5) is 4.39 Å². The Morgan fingerprint density at radius 2 is 1.95 bits per heavy atom. The van der Waals surface area contributed by atoms with Crippen LogP contribution in [0.15, 0.2) is 17.0 Å². The van der Waals surface area contributed by atoms with Gasteiger partial charge in [-0.15, -0.1) is 0 Å². The van der Waals surface area contributed by atoms with Crippen molar-refractivity contribution in [3.63, 3.8) is 0 Å². The number of hydrogen-bond donors (Lipinski definition) is 2. The van der Waals surface area contributed by atoms with E-state index in [4.69, 9.17) is 0 Å². The first-order chi connectivity index (χ1) is 9.77. The third-order valence-electron chi connectivity index (χ3n) is 3.19. The van der Waals surface area contributed by atoms with E-state index in [0.717, 1.165) is 6.42 Å². The van der Waals surface area contributed by atoms with Crippen molar-refractivity contribution in [1.29, 1.82) is 0 Å². The van der Waals surface area contributed by atoms with E-state index in [1.54, 1.807) is 6.92 Å². The molecule has 0 bridgehead atoms. The molecule has 6 heteroatoms. The average Bonchev–Trinajstić information content (AvgIpc) is 2.39. The minimum absolute atomic E-state index is 0.123. The highest BCUT2D eigenvalue weighted by Crippen LogP contribution is 2.19. The van der Waals surface area contributed by atoms with Gasteiger partial charge in [-0.1, -0.05) is 20.8 Å². The van der Waals surface area contributed by atoms with Gasteiger partial charge in [0.05, 0.1) is 4.90 Å². The lowest BCUT2D eigenvalue weighted by atomic mass is 10.1. The zero-order chi connectivity index (χ0) is 16.0. The quantitative estimate of drug-likeness (QED) is 0.775. The molecule has 0 atom stereocenters. The fourth-order valence-corrected chi connectivity index (χ4v) is 3.10. The van der Waals surface area contributed by atoms with Crippen LogP contribution < -0.4 is 10.0 Å². The largest absolute Gasteiger partial charge is 0.313 e. The topological polar surface area (TPSA) is 58.2 Å². The predicted octanol–water partition coefficient (Wildman–Crippen LogP) is 2.57. The van der Waals surface area contributed by atoms with E-state index < -0.39 is 10.0 Å². The van der Waals surface area contributed by atoms with Crippen molar-refractivity contribution in [2.45, 2.75) is 45.6 Å². The van der Waals surface area contributed by atoms with Crippen molar-refractivity contribution in [2.24, 2.45) is 5.92 Å². The average molecular weight is 316 g/mol. The summed E-state index contributed by atoms with van der Waals surface area (Å²) < 4.78 is 41.1. The van der Waals surface area contributed by atoms with Crippen LogP contribution in [0.25, 0.3) is 0 Å². The monoisotopic (exact) mass is 316 g/mol. The van der Waals surface area contributed by atoms with Crippen LogP contribution in [0.1, 0.15) is 38.3 Å². The van der Waals surface area contributed by atoms with Crippen molar-refractivity contribution in [3.8, 4) is 0 Å². The molecular formula is C15H25FN2O2S. The van der Waals surface area contributed by atoms with Crippen LogP contribution in [-0.2, 0) is 16.6 Å². The summed E-state index contributed by atoms with van der Waals surface area (Å²) in [6.45, 7) is 8.96. The van der Waals surface area contributed by atoms with Crippen LogP contribution in [0.5, 0.6) is 0 Å². The van der Waals surface area contributed by atoms with Crippen molar-refractivity contribution in [1.82, 2.24) is 10.0 Å². The lowest BCUT2D eigenvalue weighted by molar-refractivity contribution is 0.550. The number of nitrogens with one attached hydrogen (secondary N) is 2. The number of hydrogen-bond acceptors (Lipinski definition) is 3. The van der Waals surface area contributed by atoms with Crippen molar-refractivity contribution < 1.29 is 12.8 Å². The molecule has 4 nitrogen and oxygen atoms in total. The molecular weight excluding hydrogens is 291 g/mol. The molecule has 0 saturated heterocycles. The number of aryl methyl sites for hydroxylation is 1. The SMILES string of the molecule is CCNCc1cc(S(=O)(=O)NCCC(C)C)cc(C)c1F. The molecule has 120 valence electrons. The van der Waals surface area contributed by atoms with E-state index in [-0.39, 0.29) is 10.7 Å². The van der Waals surface area contributed by atoms with E-state index in [2.05, 4.69) is 10.0 Å². The molecule has 1 rings (SSSR count). The molecule has 0 fully saturated rings. The summed E-state index contributed by atoms with van der Waals surface area (Å²) >= 11 is 0. The van der Waals surface area contributed by atoms with Gasteiger partial charge in [-0.05, 0) is 43.5 Å². The summed E-state index contributed by atoms with van der Waals surface area (Å²) in [5.74, 6) is 0.0732. The van der Waals surface area contributed by atoms with Gasteiger partial charge in [0.2, 0.25) is 10.0 Å². The van der Waals surface area contributed by atoms with Gasteiger partial charge in [0, 0.05) is 18.7 Å². The number of rotatable bonds is 8. The maximum absolute atomic E-state index is 14.0. The molecule has 0 radical (unpaired) electrons. The Kier molecular flexibility index (Phi) is 6.77. The Hall–Kier alpha value is -0.980. The number of benzene rings is 1. The normalized spacial score (nSPS) is 12.1. The fourth-order valence-electron chi connectivity index (χ4n) is 1.92. The van der Waals surface area contributed by atoms with E-state index in [1.807, 2.05) is 20.8 Å². The minimum Gasteiger partial charge on any atom is -0.313 e. The summed E-state index contributed by atoms with van der Waals surface area (Å²) in [6.07, 6.45) is 0.768. The number of sulfonamides is 1. The second kappa shape index (κ2) is 7.87. The number of halogens is 1. The maximum Gasteiger partial charge on any atom is 0.240 e. The van der Waals surface area contributed by atoms with Crippen molar-refractivity contribution in [2.75, 3.05) is 13.1 Å².